The third kappa shape index (κ3) is 3.08. The lowest BCUT2D eigenvalue weighted by atomic mass is 9.99. The number of aliphatic hydroxyl groups is 1. The first-order valence-corrected chi connectivity index (χ1v) is 6.21. The number of hydrogen-bond donors (Lipinski definition) is 2. The van der Waals surface area contributed by atoms with Crippen molar-refractivity contribution in [2.24, 2.45) is 5.92 Å². The number of carbonyl (C=O) groups is 2. The lowest BCUT2D eigenvalue weighted by Crippen LogP contribution is -2.41. The average molecular weight is 264 g/mol. The number of aromatic carboxylic acids is 1. The summed E-state index contributed by atoms with van der Waals surface area (Å²) in [4.78, 5) is 28.4. The maximum absolute atomic E-state index is 12.2. The van der Waals surface area contributed by atoms with Gasteiger partial charge in [0.2, 0.25) is 0 Å². The van der Waals surface area contributed by atoms with Gasteiger partial charge < -0.3 is 15.1 Å². The molecule has 6 heteroatoms. The van der Waals surface area contributed by atoms with Gasteiger partial charge in [0.15, 0.2) is 0 Å². The molecule has 1 aromatic rings. The number of carboxylic acids is 1. The van der Waals surface area contributed by atoms with Gasteiger partial charge in [-0.05, 0) is 30.9 Å². The van der Waals surface area contributed by atoms with Crippen molar-refractivity contribution >= 4 is 11.9 Å². The molecule has 2 N–H and O–H groups in total. The predicted molar refractivity (Wildman–Crippen MR) is 66.9 cm³/mol. The van der Waals surface area contributed by atoms with Crippen LogP contribution in [-0.4, -0.2) is 51.7 Å². The first-order chi connectivity index (χ1) is 9.11. The van der Waals surface area contributed by atoms with Crippen molar-refractivity contribution in [3.05, 3.63) is 29.6 Å². The molecule has 1 amide bonds. The fourth-order valence-corrected chi connectivity index (χ4v) is 2.21. The molecule has 0 aromatic carbocycles. The van der Waals surface area contributed by atoms with Gasteiger partial charge in [0.25, 0.3) is 5.91 Å². The zero-order chi connectivity index (χ0) is 13.8. The number of aromatic nitrogens is 1. The molecule has 1 fully saturated rings. The van der Waals surface area contributed by atoms with E-state index in [-0.39, 0.29) is 29.7 Å². The van der Waals surface area contributed by atoms with Crippen LogP contribution in [0.2, 0.25) is 0 Å². The molecule has 1 saturated heterocycles. The molecule has 1 aliphatic heterocycles. The summed E-state index contributed by atoms with van der Waals surface area (Å²) in [6.45, 7) is 1.25. The van der Waals surface area contributed by atoms with E-state index in [0.29, 0.717) is 13.1 Å². The highest BCUT2D eigenvalue weighted by atomic mass is 16.4. The second-order valence-electron chi connectivity index (χ2n) is 4.68. The molecular formula is C13H16N2O4. The van der Waals surface area contributed by atoms with Crippen LogP contribution in [0.25, 0.3) is 0 Å². The van der Waals surface area contributed by atoms with Crippen molar-refractivity contribution in [2.45, 2.75) is 12.8 Å². The standard InChI is InChI=1S/C13H16N2O4/c16-8-9-2-1-5-15(7-9)12(17)11-4-3-10(6-14-11)13(18)19/h3-4,6,9,16H,1-2,5,7-8H2,(H,18,19). The number of hydrogen-bond acceptors (Lipinski definition) is 4. The molecule has 1 unspecified atom stereocenters. The first-order valence-electron chi connectivity index (χ1n) is 6.21. The molecular weight excluding hydrogens is 248 g/mol. The first kappa shape index (κ1) is 13.5. The lowest BCUT2D eigenvalue weighted by molar-refractivity contribution is 0.0612. The molecule has 102 valence electrons. The Kier molecular flexibility index (Phi) is 4.11. The number of aliphatic hydroxyl groups excluding tert-OH is 1. The topological polar surface area (TPSA) is 90.7 Å². The van der Waals surface area contributed by atoms with Gasteiger partial charge in [0.1, 0.15) is 5.69 Å². The van der Waals surface area contributed by atoms with Crippen LogP contribution in [-0.2, 0) is 0 Å². The van der Waals surface area contributed by atoms with Crippen molar-refractivity contribution in [1.82, 2.24) is 9.88 Å². The van der Waals surface area contributed by atoms with Crippen LogP contribution < -0.4 is 0 Å². The maximum atomic E-state index is 12.2. The number of carboxylic acid groups (broad SMARTS) is 1. The molecule has 0 spiro atoms. The fourth-order valence-electron chi connectivity index (χ4n) is 2.21. The van der Waals surface area contributed by atoms with E-state index >= 15 is 0 Å². The highest BCUT2D eigenvalue weighted by Crippen LogP contribution is 2.17. The number of carbonyl (C=O) groups excluding carboxylic acids is 1. The molecule has 0 saturated carbocycles. The number of piperidine rings is 1. The highest BCUT2D eigenvalue weighted by molar-refractivity contribution is 5.93. The van der Waals surface area contributed by atoms with Crippen molar-refractivity contribution in [2.75, 3.05) is 19.7 Å². The smallest absolute Gasteiger partial charge is 0.337 e. The second kappa shape index (κ2) is 5.79. The number of likely N-dealkylation sites (tertiary alicyclic amines) is 1. The number of pyridine rings is 1. The van der Waals surface area contributed by atoms with Gasteiger partial charge in [-0.15, -0.1) is 0 Å². The molecule has 1 atom stereocenters. The molecule has 2 heterocycles. The van der Waals surface area contributed by atoms with Gasteiger partial charge in [-0.3, -0.25) is 9.78 Å². The number of amides is 1. The van der Waals surface area contributed by atoms with Crippen molar-refractivity contribution in [3.63, 3.8) is 0 Å². The molecule has 0 radical (unpaired) electrons. The SMILES string of the molecule is O=C(O)c1ccc(C(=O)N2CCCC(CO)C2)nc1. The Morgan fingerprint density at radius 1 is 1.42 bits per heavy atom. The Hall–Kier alpha value is -1.95. The van der Waals surface area contributed by atoms with Gasteiger partial charge in [-0.2, -0.15) is 0 Å². The normalized spacial score (nSPS) is 19.2. The van der Waals surface area contributed by atoms with E-state index in [0.717, 1.165) is 12.8 Å². The van der Waals surface area contributed by atoms with Gasteiger partial charge in [0.05, 0.1) is 5.56 Å². The van der Waals surface area contributed by atoms with Crippen LogP contribution in [0.5, 0.6) is 0 Å². The van der Waals surface area contributed by atoms with E-state index in [4.69, 9.17) is 10.2 Å². The molecule has 1 aliphatic rings. The van der Waals surface area contributed by atoms with Crippen molar-refractivity contribution < 1.29 is 19.8 Å². The minimum atomic E-state index is -1.06. The van der Waals surface area contributed by atoms with Gasteiger partial charge >= 0.3 is 5.97 Å². The molecule has 6 nitrogen and oxygen atoms in total. The van der Waals surface area contributed by atoms with Crippen LogP contribution in [0.1, 0.15) is 33.7 Å². The highest BCUT2D eigenvalue weighted by Gasteiger charge is 2.24. The molecule has 0 aliphatic carbocycles. The quantitative estimate of drug-likeness (QED) is 0.835. The van der Waals surface area contributed by atoms with Crippen molar-refractivity contribution in [3.8, 4) is 0 Å². The molecule has 2 rings (SSSR count). The molecule has 19 heavy (non-hydrogen) atoms. The summed E-state index contributed by atoms with van der Waals surface area (Å²) >= 11 is 0. The monoisotopic (exact) mass is 264 g/mol. The largest absolute Gasteiger partial charge is 0.478 e. The summed E-state index contributed by atoms with van der Waals surface area (Å²) < 4.78 is 0. The fraction of sp³-hybridized carbons (Fsp3) is 0.462. The van der Waals surface area contributed by atoms with E-state index < -0.39 is 5.97 Å². The molecule has 0 bridgehead atoms. The van der Waals surface area contributed by atoms with E-state index in [1.165, 1.54) is 18.3 Å². The van der Waals surface area contributed by atoms with E-state index in [9.17, 15) is 9.59 Å². The summed E-state index contributed by atoms with van der Waals surface area (Å²) in [7, 11) is 0. The summed E-state index contributed by atoms with van der Waals surface area (Å²) in [5, 5.41) is 17.9. The summed E-state index contributed by atoms with van der Waals surface area (Å²) in [5.41, 5.74) is 0.298. The third-order valence-corrected chi connectivity index (χ3v) is 3.29. The number of nitrogens with zero attached hydrogens (tertiary/aromatic N) is 2. The van der Waals surface area contributed by atoms with E-state index in [2.05, 4.69) is 4.98 Å². The zero-order valence-electron chi connectivity index (χ0n) is 10.5. The third-order valence-electron chi connectivity index (χ3n) is 3.29. The Balaban J connectivity index is 2.08. The zero-order valence-corrected chi connectivity index (χ0v) is 10.5. The van der Waals surface area contributed by atoms with Gasteiger partial charge in [-0.1, -0.05) is 0 Å². The Morgan fingerprint density at radius 2 is 2.21 bits per heavy atom. The van der Waals surface area contributed by atoms with Crippen LogP contribution in [0, 0.1) is 5.92 Å². The maximum Gasteiger partial charge on any atom is 0.337 e. The summed E-state index contributed by atoms with van der Waals surface area (Å²) in [6.07, 6.45) is 2.97. The van der Waals surface area contributed by atoms with Crippen molar-refractivity contribution in [1.29, 1.82) is 0 Å². The Labute approximate surface area is 110 Å². The Morgan fingerprint density at radius 3 is 2.79 bits per heavy atom. The summed E-state index contributed by atoms with van der Waals surface area (Å²) in [5.74, 6) is -1.16. The van der Waals surface area contributed by atoms with Crippen LogP contribution in [0.3, 0.4) is 0 Å². The number of rotatable bonds is 3. The van der Waals surface area contributed by atoms with Crippen LogP contribution in [0.15, 0.2) is 18.3 Å². The van der Waals surface area contributed by atoms with Crippen LogP contribution >= 0.6 is 0 Å². The minimum Gasteiger partial charge on any atom is -0.478 e. The lowest BCUT2D eigenvalue weighted by Gasteiger charge is -2.31. The van der Waals surface area contributed by atoms with E-state index in [1.54, 1.807) is 4.90 Å². The van der Waals surface area contributed by atoms with E-state index in [1.807, 2.05) is 0 Å². The van der Waals surface area contributed by atoms with Gasteiger partial charge in [-0.25, -0.2) is 4.79 Å². The Bertz CT molecular complexity index is 472. The average Bonchev–Trinajstić information content (AvgIpc) is 2.46. The second-order valence-corrected chi connectivity index (χ2v) is 4.68. The molecule has 1 aromatic heterocycles. The summed E-state index contributed by atoms with van der Waals surface area (Å²) in [6, 6.07) is 2.80. The predicted octanol–water partition coefficient (Wildman–Crippen LogP) is 0.624. The minimum absolute atomic E-state index is 0.0587. The van der Waals surface area contributed by atoms with Crippen LogP contribution in [0.4, 0.5) is 0 Å². The van der Waals surface area contributed by atoms with Gasteiger partial charge in [0, 0.05) is 25.9 Å².